The summed E-state index contributed by atoms with van der Waals surface area (Å²) < 4.78 is 0. The number of aliphatic carboxylic acids is 1. The Labute approximate surface area is 114 Å². The first kappa shape index (κ1) is 15.1. The number of carboxylic acid groups (broad SMARTS) is 1. The second kappa shape index (κ2) is 8.17. The van der Waals surface area contributed by atoms with Crippen molar-refractivity contribution in [3.63, 3.8) is 0 Å². The number of hydrogen-bond donors (Lipinski definition) is 2. The maximum atomic E-state index is 11.1. The number of halogens is 1. The van der Waals surface area contributed by atoms with Crippen LogP contribution in [0.15, 0.2) is 24.3 Å². The normalized spacial score (nSPS) is 12.3. The van der Waals surface area contributed by atoms with E-state index in [2.05, 4.69) is 13.2 Å². The molecule has 0 spiro atoms. The second-order valence-electron chi connectivity index (χ2n) is 4.39. The van der Waals surface area contributed by atoms with Gasteiger partial charge in [0.15, 0.2) is 0 Å². The molecule has 1 rings (SSSR count). The number of carbonyl (C=O) groups is 1. The summed E-state index contributed by atoms with van der Waals surface area (Å²) in [7, 11) is 2.11. The quantitative estimate of drug-likeness (QED) is 0.560. The third kappa shape index (κ3) is 5.56. The Morgan fingerprint density at radius 2 is 2.00 bits per heavy atom. The SMILES string of the molecule is BCCCCC(NCc1ccc(Cl)cc1)C(=O)O. The van der Waals surface area contributed by atoms with Crippen molar-refractivity contribution >= 4 is 25.4 Å². The van der Waals surface area contributed by atoms with Gasteiger partial charge in [-0.1, -0.05) is 42.9 Å². The summed E-state index contributed by atoms with van der Waals surface area (Å²) in [5, 5.41) is 12.9. The standard InChI is InChI=1S/C13H19BClNO2/c14-8-2-1-3-12(13(17)18)16-9-10-4-6-11(15)7-5-10/h4-7,12,16H,1-3,8-9,14H2,(H,17,18). The highest BCUT2D eigenvalue weighted by Crippen LogP contribution is 2.10. The van der Waals surface area contributed by atoms with Crippen LogP contribution in [0.25, 0.3) is 0 Å². The van der Waals surface area contributed by atoms with Gasteiger partial charge in [-0.25, -0.2) is 0 Å². The monoisotopic (exact) mass is 267 g/mol. The lowest BCUT2D eigenvalue weighted by Gasteiger charge is -2.14. The van der Waals surface area contributed by atoms with Crippen molar-refractivity contribution in [3.05, 3.63) is 34.9 Å². The molecule has 5 heteroatoms. The van der Waals surface area contributed by atoms with E-state index in [1.54, 1.807) is 0 Å². The minimum absolute atomic E-state index is 0.466. The summed E-state index contributed by atoms with van der Waals surface area (Å²) in [5.74, 6) is -0.778. The van der Waals surface area contributed by atoms with Crippen molar-refractivity contribution in [1.82, 2.24) is 5.32 Å². The number of hydrogen-bond acceptors (Lipinski definition) is 2. The lowest BCUT2D eigenvalue weighted by molar-refractivity contribution is -0.139. The first-order valence-electron chi connectivity index (χ1n) is 6.34. The molecule has 0 saturated carbocycles. The molecule has 0 radical (unpaired) electrons. The van der Waals surface area contributed by atoms with Gasteiger partial charge >= 0.3 is 5.97 Å². The molecule has 2 N–H and O–H groups in total. The zero-order chi connectivity index (χ0) is 13.4. The van der Waals surface area contributed by atoms with E-state index >= 15 is 0 Å². The van der Waals surface area contributed by atoms with Gasteiger partial charge in [-0.3, -0.25) is 4.79 Å². The highest BCUT2D eigenvalue weighted by atomic mass is 35.5. The van der Waals surface area contributed by atoms with Crippen LogP contribution in [-0.2, 0) is 11.3 Å². The van der Waals surface area contributed by atoms with E-state index in [0.717, 1.165) is 24.7 Å². The van der Waals surface area contributed by atoms with Gasteiger partial charge in [0.1, 0.15) is 13.9 Å². The minimum Gasteiger partial charge on any atom is -0.480 e. The number of carboxylic acids is 1. The van der Waals surface area contributed by atoms with Gasteiger partial charge in [0.05, 0.1) is 0 Å². The molecular formula is C13H19BClNO2. The maximum Gasteiger partial charge on any atom is 0.320 e. The number of unbranched alkanes of at least 4 members (excludes halogenated alkanes) is 1. The first-order valence-corrected chi connectivity index (χ1v) is 6.72. The van der Waals surface area contributed by atoms with Crippen molar-refractivity contribution < 1.29 is 9.90 Å². The van der Waals surface area contributed by atoms with Gasteiger partial charge in [-0.15, -0.1) is 0 Å². The Balaban J connectivity index is 2.41. The van der Waals surface area contributed by atoms with Crippen LogP contribution in [0.2, 0.25) is 11.3 Å². The Morgan fingerprint density at radius 3 is 2.56 bits per heavy atom. The van der Waals surface area contributed by atoms with Gasteiger partial charge < -0.3 is 10.4 Å². The van der Waals surface area contributed by atoms with E-state index in [9.17, 15) is 4.79 Å². The molecule has 0 heterocycles. The third-order valence-electron chi connectivity index (χ3n) is 2.86. The molecule has 98 valence electrons. The Kier molecular flexibility index (Phi) is 6.84. The molecular weight excluding hydrogens is 248 g/mol. The molecule has 1 atom stereocenters. The van der Waals surface area contributed by atoms with Crippen molar-refractivity contribution in [2.45, 2.75) is 38.2 Å². The van der Waals surface area contributed by atoms with E-state index in [1.807, 2.05) is 24.3 Å². The molecule has 0 aromatic heterocycles. The molecule has 3 nitrogen and oxygen atoms in total. The molecule has 0 aliphatic heterocycles. The lowest BCUT2D eigenvalue weighted by Crippen LogP contribution is -2.36. The van der Waals surface area contributed by atoms with Crippen LogP contribution in [0.5, 0.6) is 0 Å². The molecule has 1 aromatic carbocycles. The second-order valence-corrected chi connectivity index (χ2v) is 4.83. The van der Waals surface area contributed by atoms with E-state index in [-0.39, 0.29) is 0 Å². The fourth-order valence-corrected chi connectivity index (χ4v) is 1.88. The molecule has 18 heavy (non-hydrogen) atoms. The summed E-state index contributed by atoms with van der Waals surface area (Å²) in [6, 6.07) is 6.96. The average Bonchev–Trinajstić information content (AvgIpc) is 2.35. The highest BCUT2D eigenvalue weighted by molar-refractivity contribution is 6.30. The highest BCUT2D eigenvalue weighted by Gasteiger charge is 2.15. The van der Waals surface area contributed by atoms with Gasteiger partial charge in [0, 0.05) is 11.6 Å². The molecule has 0 saturated heterocycles. The van der Waals surface area contributed by atoms with Crippen LogP contribution in [0.3, 0.4) is 0 Å². The molecule has 0 bridgehead atoms. The number of benzene rings is 1. The number of nitrogens with one attached hydrogen (secondary N) is 1. The summed E-state index contributed by atoms with van der Waals surface area (Å²) in [4.78, 5) is 11.1. The number of rotatable bonds is 8. The van der Waals surface area contributed by atoms with Crippen LogP contribution >= 0.6 is 11.6 Å². The molecule has 0 amide bonds. The predicted octanol–water partition coefficient (Wildman–Crippen LogP) is 2.10. The Hall–Kier alpha value is -0.995. The van der Waals surface area contributed by atoms with Gasteiger partial charge in [-0.05, 0) is 24.1 Å². The molecule has 1 unspecified atom stereocenters. The largest absolute Gasteiger partial charge is 0.480 e. The van der Waals surface area contributed by atoms with Crippen LogP contribution < -0.4 is 5.32 Å². The van der Waals surface area contributed by atoms with E-state index in [1.165, 1.54) is 0 Å². The zero-order valence-corrected chi connectivity index (χ0v) is 11.4. The van der Waals surface area contributed by atoms with E-state index in [4.69, 9.17) is 16.7 Å². The van der Waals surface area contributed by atoms with Gasteiger partial charge in [0.25, 0.3) is 0 Å². The van der Waals surface area contributed by atoms with Crippen LogP contribution in [0, 0.1) is 0 Å². The Bertz CT molecular complexity index is 370. The lowest BCUT2D eigenvalue weighted by atomic mass is 9.98. The smallest absolute Gasteiger partial charge is 0.320 e. The summed E-state index contributed by atoms with van der Waals surface area (Å²) in [6.45, 7) is 0.556. The average molecular weight is 268 g/mol. The summed E-state index contributed by atoms with van der Waals surface area (Å²) in [6.07, 6.45) is 3.80. The fourth-order valence-electron chi connectivity index (χ4n) is 1.75. The van der Waals surface area contributed by atoms with E-state index in [0.29, 0.717) is 18.0 Å². The van der Waals surface area contributed by atoms with Crippen LogP contribution in [-0.4, -0.2) is 25.0 Å². The molecule has 0 aliphatic carbocycles. The van der Waals surface area contributed by atoms with Gasteiger partial charge in [0.2, 0.25) is 0 Å². The minimum atomic E-state index is -0.778. The van der Waals surface area contributed by atoms with Gasteiger partial charge in [-0.2, -0.15) is 0 Å². The van der Waals surface area contributed by atoms with Crippen molar-refractivity contribution in [3.8, 4) is 0 Å². The third-order valence-corrected chi connectivity index (χ3v) is 3.11. The van der Waals surface area contributed by atoms with Crippen LogP contribution in [0.1, 0.15) is 24.8 Å². The molecule has 1 aromatic rings. The summed E-state index contributed by atoms with van der Waals surface area (Å²) in [5.41, 5.74) is 1.04. The predicted molar refractivity (Wildman–Crippen MR) is 76.9 cm³/mol. The Morgan fingerprint density at radius 1 is 1.33 bits per heavy atom. The van der Waals surface area contributed by atoms with E-state index < -0.39 is 12.0 Å². The molecule has 0 fully saturated rings. The first-order chi connectivity index (χ1) is 8.63. The molecule has 0 aliphatic rings. The maximum absolute atomic E-state index is 11.1. The summed E-state index contributed by atoms with van der Waals surface area (Å²) >= 11 is 5.79. The van der Waals surface area contributed by atoms with Crippen molar-refractivity contribution in [2.24, 2.45) is 0 Å². The van der Waals surface area contributed by atoms with Crippen molar-refractivity contribution in [1.29, 1.82) is 0 Å². The topological polar surface area (TPSA) is 49.3 Å². The van der Waals surface area contributed by atoms with Crippen molar-refractivity contribution in [2.75, 3.05) is 0 Å². The fraction of sp³-hybridized carbons (Fsp3) is 0.462. The zero-order valence-electron chi connectivity index (χ0n) is 10.7. The van der Waals surface area contributed by atoms with Crippen LogP contribution in [0.4, 0.5) is 0 Å².